The lowest BCUT2D eigenvalue weighted by atomic mass is 9.92. The Kier molecular flexibility index (Phi) is 9.87. The van der Waals surface area contributed by atoms with Crippen molar-refractivity contribution in [3.63, 3.8) is 0 Å². The van der Waals surface area contributed by atoms with Crippen molar-refractivity contribution in [2.24, 2.45) is 7.05 Å². The van der Waals surface area contributed by atoms with Crippen LogP contribution in [0.3, 0.4) is 0 Å². The van der Waals surface area contributed by atoms with E-state index >= 15 is 0 Å². The number of anilines is 1. The van der Waals surface area contributed by atoms with Gasteiger partial charge < -0.3 is 20.5 Å². The quantitative estimate of drug-likeness (QED) is 0.204. The normalized spacial score (nSPS) is 16.5. The maximum atomic E-state index is 14.9. The number of pyridine rings is 1. The zero-order chi connectivity index (χ0) is 31.5. The molecular formula is C31H29Cl3FN5O4. The standard InChI is InChI=1S/C31H29Cl3FN5O4/c1-40-31(43)26(21(32)15-37-40)29(42)38-24-13-17(35)12-20(28(24)34)18-6-5-7-19(27(18)33)22-11-10-16(30(39-22)44-2)14-36-23-8-3-4-9-25(23)41/h5-7,10-13,15,23,25,36,41H,3-4,8-9,14H2,1-2H3,(H,38,42)/t23?,25-/m0/s1. The lowest BCUT2D eigenvalue weighted by molar-refractivity contribution is 0.0901. The lowest BCUT2D eigenvalue weighted by Crippen LogP contribution is -2.41. The highest BCUT2D eigenvalue weighted by molar-refractivity contribution is 6.40. The van der Waals surface area contributed by atoms with E-state index in [1.807, 2.05) is 6.07 Å². The molecule has 230 valence electrons. The van der Waals surface area contributed by atoms with Gasteiger partial charge in [-0.3, -0.25) is 9.59 Å². The smallest absolute Gasteiger partial charge is 0.280 e. The van der Waals surface area contributed by atoms with Crippen LogP contribution in [0.4, 0.5) is 10.1 Å². The zero-order valence-corrected chi connectivity index (χ0v) is 26.1. The van der Waals surface area contributed by atoms with Gasteiger partial charge in [0, 0.05) is 41.9 Å². The third-order valence-electron chi connectivity index (χ3n) is 7.59. The van der Waals surface area contributed by atoms with Crippen LogP contribution < -0.4 is 20.9 Å². The molecule has 5 rings (SSSR count). The van der Waals surface area contributed by atoms with Crippen LogP contribution in [0, 0.1) is 5.82 Å². The van der Waals surface area contributed by atoms with Gasteiger partial charge in [-0.2, -0.15) is 5.10 Å². The van der Waals surface area contributed by atoms with Gasteiger partial charge in [-0.25, -0.2) is 14.1 Å². The van der Waals surface area contributed by atoms with Crippen molar-refractivity contribution in [3.8, 4) is 28.3 Å². The van der Waals surface area contributed by atoms with E-state index in [0.717, 1.165) is 48.2 Å². The Morgan fingerprint density at radius 3 is 2.59 bits per heavy atom. The van der Waals surface area contributed by atoms with Gasteiger partial charge in [-0.1, -0.05) is 71.9 Å². The molecule has 0 radical (unpaired) electrons. The Labute approximate surface area is 267 Å². The van der Waals surface area contributed by atoms with Crippen LogP contribution in [0.2, 0.25) is 15.1 Å². The second-order valence-corrected chi connectivity index (χ2v) is 11.6. The van der Waals surface area contributed by atoms with Crippen LogP contribution in [-0.4, -0.2) is 45.0 Å². The molecule has 0 saturated heterocycles. The van der Waals surface area contributed by atoms with Crippen molar-refractivity contribution in [2.75, 3.05) is 12.4 Å². The van der Waals surface area contributed by atoms with Gasteiger partial charge >= 0.3 is 0 Å². The molecule has 0 bridgehead atoms. The van der Waals surface area contributed by atoms with Crippen molar-refractivity contribution in [3.05, 3.63) is 91.0 Å². The summed E-state index contributed by atoms with van der Waals surface area (Å²) in [6, 6.07) is 11.1. The maximum Gasteiger partial charge on any atom is 0.280 e. The summed E-state index contributed by atoms with van der Waals surface area (Å²) in [6.07, 6.45) is 4.56. The molecule has 44 heavy (non-hydrogen) atoms. The Balaban J connectivity index is 1.45. The number of hydrogen-bond donors (Lipinski definition) is 3. The Morgan fingerprint density at radius 1 is 1.09 bits per heavy atom. The fourth-order valence-corrected chi connectivity index (χ4v) is 6.04. The first kappa shape index (κ1) is 31.9. The van der Waals surface area contributed by atoms with Crippen LogP contribution in [0.5, 0.6) is 5.88 Å². The molecule has 0 aliphatic heterocycles. The number of nitrogens with one attached hydrogen (secondary N) is 2. The van der Waals surface area contributed by atoms with Crippen LogP contribution in [0.1, 0.15) is 41.6 Å². The number of hydrogen-bond acceptors (Lipinski definition) is 7. The molecule has 1 unspecified atom stereocenters. The minimum absolute atomic E-state index is 0.00216. The third-order valence-corrected chi connectivity index (χ3v) is 8.69. The van der Waals surface area contributed by atoms with Gasteiger partial charge in [-0.05, 0) is 31.0 Å². The second kappa shape index (κ2) is 13.6. The molecule has 2 heterocycles. The summed E-state index contributed by atoms with van der Waals surface area (Å²) >= 11 is 19.6. The molecule has 1 fully saturated rings. The molecule has 3 N–H and O–H groups in total. The van der Waals surface area contributed by atoms with E-state index in [-0.39, 0.29) is 44.0 Å². The first-order valence-electron chi connectivity index (χ1n) is 13.9. The van der Waals surface area contributed by atoms with E-state index in [9.17, 15) is 19.1 Å². The minimum atomic E-state index is -0.875. The van der Waals surface area contributed by atoms with E-state index in [2.05, 4.69) is 20.7 Å². The van der Waals surface area contributed by atoms with Gasteiger partial charge in [-0.15, -0.1) is 0 Å². The van der Waals surface area contributed by atoms with Gasteiger partial charge in [0.05, 0.1) is 45.9 Å². The van der Waals surface area contributed by atoms with Crippen molar-refractivity contribution in [1.29, 1.82) is 0 Å². The van der Waals surface area contributed by atoms with E-state index in [4.69, 9.17) is 39.5 Å². The maximum absolute atomic E-state index is 14.9. The first-order chi connectivity index (χ1) is 21.1. The largest absolute Gasteiger partial charge is 0.481 e. The highest BCUT2D eigenvalue weighted by Crippen LogP contribution is 2.42. The number of rotatable bonds is 8. The molecule has 9 nitrogen and oxygen atoms in total. The number of aryl methyl sites for hydroxylation is 1. The Morgan fingerprint density at radius 2 is 1.84 bits per heavy atom. The van der Waals surface area contributed by atoms with Crippen LogP contribution >= 0.6 is 34.8 Å². The summed E-state index contributed by atoms with van der Waals surface area (Å²) in [5.74, 6) is -1.17. The third kappa shape index (κ3) is 6.60. The monoisotopic (exact) mass is 659 g/mol. The molecule has 2 aromatic heterocycles. The number of methoxy groups -OCH3 is 1. The predicted octanol–water partition coefficient (Wildman–Crippen LogP) is 6.26. The summed E-state index contributed by atoms with van der Waals surface area (Å²) in [7, 11) is 2.90. The van der Waals surface area contributed by atoms with Crippen LogP contribution in [0.15, 0.2) is 53.5 Å². The number of aromatic nitrogens is 3. The Hall–Kier alpha value is -3.54. The summed E-state index contributed by atoms with van der Waals surface area (Å²) in [5, 5.41) is 20.0. The highest BCUT2D eigenvalue weighted by Gasteiger charge is 2.24. The molecule has 2 aromatic carbocycles. The van der Waals surface area contributed by atoms with Crippen LogP contribution in [-0.2, 0) is 13.6 Å². The molecule has 1 aliphatic carbocycles. The van der Waals surface area contributed by atoms with Gasteiger partial charge in [0.1, 0.15) is 11.4 Å². The van der Waals surface area contributed by atoms with E-state index in [1.54, 1.807) is 24.3 Å². The number of carbonyl (C=O) groups excluding carboxylic acids is 1. The number of amides is 1. The van der Waals surface area contributed by atoms with Crippen molar-refractivity contribution in [1.82, 2.24) is 20.1 Å². The number of benzene rings is 2. The molecule has 1 amide bonds. The number of carbonyl (C=O) groups is 1. The topological polar surface area (TPSA) is 118 Å². The number of ether oxygens (including phenoxy) is 1. The van der Waals surface area contributed by atoms with Gasteiger partial charge in [0.15, 0.2) is 0 Å². The van der Waals surface area contributed by atoms with Gasteiger partial charge in [0.2, 0.25) is 5.88 Å². The molecule has 1 saturated carbocycles. The second-order valence-electron chi connectivity index (χ2n) is 10.4. The molecule has 13 heteroatoms. The fraction of sp³-hybridized carbons (Fsp3) is 0.290. The molecule has 1 aliphatic rings. The number of halogens is 4. The summed E-state index contributed by atoms with van der Waals surface area (Å²) in [5.41, 5.74) is 1.31. The van der Waals surface area contributed by atoms with E-state index in [1.165, 1.54) is 20.2 Å². The van der Waals surface area contributed by atoms with Gasteiger partial charge in [0.25, 0.3) is 11.5 Å². The highest BCUT2D eigenvalue weighted by atomic mass is 35.5. The van der Waals surface area contributed by atoms with E-state index < -0.39 is 17.3 Å². The molecule has 4 aromatic rings. The van der Waals surface area contributed by atoms with E-state index in [0.29, 0.717) is 29.2 Å². The number of nitrogens with zero attached hydrogens (tertiary/aromatic N) is 3. The van der Waals surface area contributed by atoms with Crippen molar-refractivity contribution < 1.29 is 19.0 Å². The first-order valence-corrected chi connectivity index (χ1v) is 15.0. The average molecular weight is 661 g/mol. The summed E-state index contributed by atoms with van der Waals surface area (Å²) in [6.45, 7) is 0.468. The zero-order valence-electron chi connectivity index (χ0n) is 23.8. The predicted molar refractivity (Wildman–Crippen MR) is 169 cm³/mol. The SMILES string of the molecule is COc1nc(-c2cccc(-c3cc(F)cc(NC(=O)c4c(Cl)cnn(C)c4=O)c3Cl)c2Cl)ccc1CNC1CCCC[C@@H]1O. The molecular weight excluding hydrogens is 632 g/mol. The fourth-order valence-electron chi connectivity index (χ4n) is 5.24. The number of aliphatic hydroxyl groups excluding tert-OH is 1. The summed E-state index contributed by atoms with van der Waals surface area (Å²) in [4.78, 5) is 30.1. The average Bonchev–Trinajstić information content (AvgIpc) is 3.00. The van der Waals surface area contributed by atoms with Crippen LogP contribution in [0.25, 0.3) is 22.4 Å². The van der Waals surface area contributed by atoms with Crippen molar-refractivity contribution >= 4 is 46.4 Å². The van der Waals surface area contributed by atoms with Crippen molar-refractivity contribution in [2.45, 2.75) is 44.4 Å². The molecule has 2 atom stereocenters. The minimum Gasteiger partial charge on any atom is -0.481 e. The molecule has 0 spiro atoms. The Bertz CT molecular complexity index is 1780. The lowest BCUT2D eigenvalue weighted by Gasteiger charge is -2.28. The number of aliphatic hydroxyl groups is 1. The summed E-state index contributed by atoms with van der Waals surface area (Å²) < 4.78 is 21.4.